The molecule has 0 spiro atoms. The van der Waals surface area contributed by atoms with Gasteiger partial charge in [0.2, 0.25) is 0 Å². The lowest BCUT2D eigenvalue weighted by Gasteiger charge is -2.12. The van der Waals surface area contributed by atoms with Crippen LogP contribution in [0, 0.1) is 0 Å². The Morgan fingerprint density at radius 1 is 1.25 bits per heavy atom. The normalized spacial score (nSPS) is 10.1. The van der Waals surface area contributed by atoms with Crippen LogP contribution in [-0.2, 0) is 4.74 Å². The van der Waals surface area contributed by atoms with Crippen LogP contribution in [0.1, 0.15) is 10.4 Å². The Bertz CT molecular complexity index is 379. The van der Waals surface area contributed by atoms with Crippen molar-refractivity contribution >= 4 is 5.97 Å². The van der Waals surface area contributed by atoms with Crippen molar-refractivity contribution in [2.45, 2.75) is 6.61 Å². The van der Waals surface area contributed by atoms with Crippen LogP contribution in [0.15, 0.2) is 18.2 Å². The molecule has 1 aromatic rings. The minimum atomic E-state index is -3.02. The molecular weight excluding hydrogens is 222 g/mol. The summed E-state index contributed by atoms with van der Waals surface area (Å²) in [6.07, 6.45) is 0. The fourth-order valence-electron chi connectivity index (χ4n) is 1.18. The number of methoxy groups -OCH3 is 2. The van der Waals surface area contributed by atoms with Crippen molar-refractivity contribution in [1.29, 1.82) is 0 Å². The largest absolute Gasteiger partial charge is 0.496 e. The van der Waals surface area contributed by atoms with Gasteiger partial charge in [0, 0.05) is 0 Å². The van der Waals surface area contributed by atoms with Crippen LogP contribution in [0.5, 0.6) is 11.5 Å². The van der Waals surface area contributed by atoms with Gasteiger partial charge in [-0.25, -0.2) is 4.79 Å². The molecule has 88 valence electrons. The Hall–Kier alpha value is -1.85. The van der Waals surface area contributed by atoms with Gasteiger partial charge in [0.05, 0.1) is 14.2 Å². The molecule has 6 heteroatoms. The van der Waals surface area contributed by atoms with Gasteiger partial charge in [-0.3, -0.25) is 0 Å². The van der Waals surface area contributed by atoms with Crippen molar-refractivity contribution in [1.82, 2.24) is 0 Å². The third-order valence-corrected chi connectivity index (χ3v) is 1.81. The minimum Gasteiger partial charge on any atom is -0.496 e. The van der Waals surface area contributed by atoms with E-state index in [1.165, 1.54) is 25.3 Å². The van der Waals surface area contributed by atoms with Crippen molar-refractivity contribution in [2.75, 3.05) is 14.2 Å². The van der Waals surface area contributed by atoms with E-state index in [1.807, 2.05) is 0 Å². The highest BCUT2D eigenvalue weighted by atomic mass is 19.3. The smallest absolute Gasteiger partial charge is 0.387 e. The molecule has 0 aliphatic carbocycles. The van der Waals surface area contributed by atoms with Gasteiger partial charge in [0.15, 0.2) is 0 Å². The second-order valence-corrected chi connectivity index (χ2v) is 2.70. The van der Waals surface area contributed by atoms with Crippen molar-refractivity contribution in [3.8, 4) is 11.5 Å². The fourth-order valence-corrected chi connectivity index (χ4v) is 1.18. The first-order chi connectivity index (χ1) is 7.60. The van der Waals surface area contributed by atoms with Crippen LogP contribution in [0.2, 0.25) is 0 Å². The van der Waals surface area contributed by atoms with Gasteiger partial charge < -0.3 is 14.2 Å². The molecule has 1 rings (SSSR count). The number of carbonyl (C=O) groups excluding carboxylic acids is 1. The summed E-state index contributed by atoms with van der Waals surface area (Å²) >= 11 is 0. The lowest BCUT2D eigenvalue weighted by atomic mass is 10.2. The summed E-state index contributed by atoms with van der Waals surface area (Å²) in [6.45, 7) is -3.02. The molecule has 0 aliphatic heterocycles. The maximum atomic E-state index is 12.1. The van der Waals surface area contributed by atoms with Crippen LogP contribution in [0.25, 0.3) is 0 Å². The Labute approximate surface area is 90.7 Å². The zero-order chi connectivity index (χ0) is 12.1. The molecule has 0 heterocycles. The van der Waals surface area contributed by atoms with E-state index in [2.05, 4.69) is 9.47 Å². The fraction of sp³-hybridized carbons (Fsp3) is 0.300. The van der Waals surface area contributed by atoms with E-state index in [-0.39, 0.29) is 17.1 Å². The van der Waals surface area contributed by atoms with Crippen molar-refractivity contribution in [2.24, 2.45) is 0 Å². The number of benzene rings is 1. The van der Waals surface area contributed by atoms with Gasteiger partial charge in [-0.15, -0.1) is 0 Å². The monoisotopic (exact) mass is 232 g/mol. The molecule has 1 aromatic carbocycles. The van der Waals surface area contributed by atoms with Crippen LogP contribution >= 0.6 is 0 Å². The topological polar surface area (TPSA) is 44.8 Å². The molecule has 0 aliphatic rings. The third-order valence-electron chi connectivity index (χ3n) is 1.81. The molecule has 0 aromatic heterocycles. The summed E-state index contributed by atoms with van der Waals surface area (Å²) in [5.74, 6) is -0.959. The third kappa shape index (κ3) is 2.59. The number of rotatable bonds is 4. The number of carbonyl (C=O) groups is 1. The molecule has 0 atom stereocenters. The van der Waals surface area contributed by atoms with Crippen molar-refractivity contribution in [3.05, 3.63) is 23.8 Å². The SMILES string of the molecule is COC(=O)c1c(OC)cccc1OC(F)F. The van der Waals surface area contributed by atoms with E-state index < -0.39 is 12.6 Å². The minimum absolute atomic E-state index is 0.116. The van der Waals surface area contributed by atoms with Crippen LogP contribution in [-0.4, -0.2) is 26.8 Å². The zero-order valence-corrected chi connectivity index (χ0v) is 8.70. The Kier molecular flexibility index (Phi) is 4.04. The van der Waals surface area contributed by atoms with Gasteiger partial charge in [-0.2, -0.15) is 8.78 Å². The highest BCUT2D eigenvalue weighted by Crippen LogP contribution is 2.30. The first-order valence-corrected chi connectivity index (χ1v) is 4.30. The predicted octanol–water partition coefficient (Wildman–Crippen LogP) is 2.08. The lowest BCUT2D eigenvalue weighted by molar-refractivity contribution is -0.0505. The zero-order valence-electron chi connectivity index (χ0n) is 8.70. The first kappa shape index (κ1) is 12.2. The summed E-state index contributed by atoms with van der Waals surface area (Å²) in [5, 5.41) is 0. The number of hydrogen-bond donors (Lipinski definition) is 0. The Morgan fingerprint density at radius 2 is 1.88 bits per heavy atom. The Morgan fingerprint density at radius 3 is 2.38 bits per heavy atom. The van der Waals surface area contributed by atoms with Gasteiger partial charge in [0.1, 0.15) is 17.1 Å². The molecule has 0 fully saturated rings. The van der Waals surface area contributed by atoms with Crippen LogP contribution < -0.4 is 9.47 Å². The number of hydrogen-bond acceptors (Lipinski definition) is 4. The van der Waals surface area contributed by atoms with Crippen LogP contribution in [0.4, 0.5) is 8.78 Å². The number of alkyl halides is 2. The standard InChI is InChI=1S/C10H10F2O4/c1-14-6-4-3-5-7(16-10(11)12)8(6)9(13)15-2/h3-5,10H,1-2H3. The van der Waals surface area contributed by atoms with Crippen molar-refractivity contribution in [3.63, 3.8) is 0 Å². The van der Waals surface area contributed by atoms with Gasteiger partial charge >= 0.3 is 12.6 Å². The molecule has 0 N–H and O–H groups in total. The maximum Gasteiger partial charge on any atom is 0.387 e. The molecule has 0 saturated heterocycles. The molecule has 16 heavy (non-hydrogen) atoms. The number of ether oxygens (including phenoxy) is 3. The van der Waals surface area contributed by atoms with E-state index in [9.17, 15) is 13.6 Å². The summed E-state index contributed by atoms with van der Waals surface area (Å²) in [4.78, 5) is 11.4. The summed E-state index contributed by atoms with van der Waals surface area (Å²) in [6, 6.07) is 4.12. The second-order valence-electron chi connectivity index (χ2n) is 2.70. The van der Waals surface area contributed by atoms with Gasteiger partial charge in [-0.05, 0) is 12.1 Å². The average Bonchev–Trinajstić information content (AvgIpc) is 2.27. The van der Waals surface area contributed by atoms with Crippen molar-refractivity contribution < 1.29 is 27.8 Å². The molecule has 0 unspecified atom stereocenters. The highest BCUT2D eigenvalue weighted by Gasteiger charge is 2.21. The van der Waals surface area contributed by atoms with E-state index in [0.717, 1.165) is 7.11 Å². The lowest BCUT2D eigenvalue weighted by Crippen LogP contribution is -2.10. The van der Waals surface area contributed by atoms with E-state index in [1.54, 1.807) is 0 Å². The molecular formula is C10H10F2O4. The molecule has 0 bridgehead atoms. The summed E-state index contributed by atoms with van der Waals surface area (Å²) < 4.78 is 37.7. The Balaban J connectivity index is 3.20. The molecule has 0 saturated carbocycles. The van der Waals surface area contributed by atoms with E-state index >= 15 is 0 Å². The molecule has 4 nitrogen and oxygen atoms in total. The second kappa shape index (κ2) is 5.29. The summed E-state index contributed by atoms with van der Waals surface area (Å²) in [5.41, 5.74) is -0.159. The van der Waals surface area contributed by atoms with Gasteiger partial charge in [0.25, 0.3) is 0 Å². The predicted molar refractivity (Wildman–Crippen MR) is 51.0 cm³/mol. The first-order valence-electron chi connectivity index (χ1n) is 4.30. The highest BCUT2D eigenvalue weighted by molar-refractivity contribution is 5.95. The van der Waals surface area contributed by atoms with E-state index in [0.29, 0.717) is 0 Å². The maximum absolute atomic E-state index is 12.1. The van der Waals surface area contributed by atoms with Crippen LogP contribution in [0.3, 0.4) is 0 Å². The van der Waals surface area contributed by atoms with Gasteiger partial charge in [-0.1, -0.05) is 6.07 Å². The number of esters is 1. The average molecular weight is 232 g/mol. The molecule has 0 amide bonds. The quantitative estimate of drug-likeness (QED) is 0.745. The summed E-state index contributed by atoms with van der Waals surface area (Å²) in [7, 11) is 2.45. The number of halogens is 2. The molecule has 0 radical (unpaired) electrons. The van der Waals surface area contributed by atoms with E-state index in [4.69, 9.17) is 4.74 Å².